The Morgan fingerprint density at radius 1 is 1.22 bits per heavy atom. The van der Waals surface area contributed by atoms with Crippen molar-refractivity contribution in [3.8, 4) is 0 Å². The normalized spacial score (nSPS) is 12.4. The van der Waals surface area contributed by atoms with Crippen molar-refractivity contribution >= 4 is 23.2 Å². The summed E-state index contributed by atoms with van der Waals surface area (Å²) in [7, 11) is 0. The first-order chi connectivity index (χ1) is 8.63. The highest BCUT2D eigenvalue weighted by Gasteiger charge is 2.07. The number of nitrogens with two attached hydrogens (primary N) is 1. The van der Waals surface area contributed by atoms with Crippen LogP contribution in [0.15, 0.2) is 30.9 Å². The fourth-order valence-electron chi connectivity index (χ4n) is 1.94. The minimum atomic E-state index is 0.174. The Morgan fingerprint density at radius 2 is 2.00 bits per heavy atom. The monoisotopic (exact) mass is 285 g/mol. The van der Waals surface area contributed by atoms with E-state index in [-0.39, 0.29) is 6.04 Å². The molecule has 1 aromatic rings. The largest absolute Gasteiger partial charge is 0.327 e. The molecule has 1 unspecified atom stereocenters. The molecule has 0 aromatic heterocycles. The Morgan fingerprint density at radius 3 is 2.67 bits per heavy atom. The molecule has 1 nitrogen and oxygen atoms in total. The van der Waals surface area contributed by atoms with Crippen molar-refractivity contribution in [2.45, 2.75) is 44.6 Å². The van der Waals surface area contributed by atoms with Crippen LogP contribution in [0.1, 0.15) is 37.7 Å². The molecular weight excluding hydrogens is 265 g/mol. The van der Waals surface area contributed by atoms with Crippen LogP contribution in [0.3, 0.4) is 0 Å². The quantitative estimate of drug-likeness (QED) is 0.528. The highest BCUT2D eigenvalue weighted by Crippen LogP contribution is 2.22. The van der Waals surface area contributed by atoms with Crippen LogP contribution in [0.5, 0.6) is 0 Å². The third-order valence-electron chi connectivity index (χ3n) is 2.98. The summed E-state index contributed by atoms with van der Waals surface area (Å²) in [5.41, 5.74) is 7.20. The molecule has 0 heterocycles. The fraction of sp³-hybridized carbons (Fsp3) is 0.467. The molecule has 100 valence electrons. The summed E-state index contributed by atoms with van der Waals surface area (Å²) >= 11 is 12.0. The molecule has 0 aliphatic carbocycles. The molecule has 0 saturated heterocycles. The van der Waals surface area contributed by atoms with Gasteiger partial charge < -0.3 is 5.73 Å². The van der Waals surface area contributed by atoms with Crippen LogP contribution in [0.2, 0.25) is 10.0 Å². The van der Waals surface area contributed by atoms with Gasteiger partial charge in [-0.3, -0.25) is 0 Å². The van der Waals surface area contributed by atoms with E-state index in [4.69, 9.17) is 28.9 Å². The summed E-state index contributed by atoms with van der Waals surface area (Å²) in [6, 6.07) is 5.77. The number of hydrogen-bond acceptors (Lipinski definition) is 1. The lowest BCUT2D eigenvalue weighted by Crippen LogP contribution is -2.22. The van der Waals surface area contributed by atoms with Crippen molar-refractivity contribution in [3.05, 3.63) is 46.5 Å². The van der Waals surface area contributed by atoms with E-state index in [0.717, 1.165) is 24.8 Å². The minimum absolute atomic E-state index is 0.174. The lowest BCUT2D eigenvalue weighted by atomic mass is 10.0. The van der Waals surface area contributed by atoms with Gasteiger partial charge in [-0.05, 0) is 43.4 Å². The van der Waals surface area contributed by atoms with Gasteiger partial charge >= 0.3 is 0 Å². The van der Waals surface area contributed by atoms with Crippen molar-refractivity contribution in [2.24, 2.45) is 5.73 Å². The zero-order valence-electron chi connectivity index (χ0n) is 10.7. The summed E-state index contributed by atoms with van der Waals surface area (Å²) in [5, 5.41) is 1.38. The molecule has 1 rings (SSSR count). The molecule has 0 aliphatic heterocycles. The third kappa shape index (κ3) is 5.90. The summed E-state index contributed by atoms with van der Waals surface area (Å²) in [6.07, 6.45) is 8.51. The van der Waals surface area contributed by atoms with Crippen LogP contribution in [0.4, 0.5) is 0 Å². The second-order valence-electron chi connectivity index (χ2n) is 4.63. The van der Waals surface area contributed by atoms with E-state index in [1.807, 2.05) is 18.2 Å². The Bertz CT molecular complexity index is 377. The summed E-state index contributed by atoms with van der Waals surface area (Å²) in [6.45, 7) is 3.72. The van der Waals surface area contributed by atoms with Crippen LogP contribution >= 0.6 is 23.2 Å². The van der Waals surface area contributed by atoms with Crippen molar-refractivity contribution in [3.63, 3.8) is 0 Å². The van der Waals surface area contributed by atoms with E-state index in [1.54, 1.807) is 6.07 Å². The molecule has 3 heteroatoms. The molecular formula is C15H21Cl2N. The molecule has 0 fully saturated rings. The highest BCUT2D eigenvalue weighted by molar-refractivity contribution is 6.35. The van der Waals surface area contributed by atoms with Crippen LogP contribution in [-0.4, -0.2) is 6.04 Å². The molecule has 0 saturated carbocycles. The number of benzene rings is 1. The van der Waals surface area contributed by atoms with Crippen molar-refractivity contribution in [2.75, 3.05) is 0 Å². The maximum Gasteiger partial charge on any atom is 0.0453 e. The van der Waals surface area contributed by atoms with E-state index < -0.39 is 0 Å². The van der Waals surface area contributed by atoms with Gasteiger partial charge in [-0.15, -0.1) is 6.58 Å². The lowest BCUT2D eigenvalue weighted by Gasteiger charge is -2.12. The molecule has 0 radical (unpaired) electrons. The van der Waals surface area contributed by atoms with Gasteiger partial charge in [-0.25, -0.2) is 0 Å². The van der Waals surface area contributed by atoms with Crippen molar-refractivity contribution in [1.82, 2.24) is 0 Å². The topological polar surface area (TPSA) is 26.0 Å². The minimum Gasteiger partial charge on any atom is -0.327 e. The van der Waals surface area contributed by atoms with Crippen LogP contribution in [0.25, 0.3) is 0 Å². The Labute approximate surface area is 120 Å². The molecule has 18 heavy (non-hydrogen) atoms. The standard InChI is InChI=1S/C15H21Cl2N/c1-2-3-4-5-6-7-14(18)10-12-8-9-13(16)11-15(12)17/h2,8-9,11,14H,1,3-7,10,18H2. The van der Waals surface area contributed by atoms with Crippen molar-refractivity contribution in [1.29, 1.82) is 0 Å². The number of rotatable bonds is 8. The van der Waals surface area contributed by atoms with Gasteiger partial charge in [0.2, 0.25) is 0 Å². The Hall–Kier alpha value is -0.500. The molecule has 0 spiro atoms. The van der Waals surface area contributed by atoms with Gasteiger partial charge in [0.05, 0.1) is 0 Å². The van der Waals surface area contributed by atoms with Crippen LogP contribution in [0, 0.1) is 0 Å². The fourth-order valence-corrected chi connectivity index (χ4v) is 2.43. The van der Waals surface area contributed by atoms with E-state index in [9.17, 15) is 0 Å². The second kappa shape index (κ2) is 8.58. The Balaban J connectivity index is 2.30. The third-order valence-corrected chi connectivity index (χ3v) is 3.57. The maximum absolute atomic E-state index is 6.13. The number of halogens is 2. The molecule has 1 aromatic carbocycles. The van der Waals surface area contributed by atoms with Gasteiger partial charge in [0.15, 0.2) is 0 Å². The van der Waals surface area contributed by atoms with E-state index in [2.05, 4.69) is 6.58 Å². The SMILES string of the molecule is C=CCCCCCC(N)Cc1ccc(Cl)cc1Cl. The van der Waals surface area contributed by atoms with Gasteiger partial charge in [0.1, 0.15) is 0 Å². The summed E-state index contributed by atoms with van der Waals surface area (Å²) < 4.78 is 0. The average molecular weight is 286 g/mol. The van der Waals surface area contributed by atoms with Gasteiger partial charge in [-0.2, -0.15) is 0 Å². The number of allylic oxidation sites excluding steroid dienone is 1. The smallest absolute Gasteiger partial charge is 0.0453 e. The molecule has 2 N–H and O–H groups in total. The Kier molecular flexibility index (Phi) is 7.41. The summed E-state index contributed by atoms with van der Waals surface area (Å²) in [5.74, 6) is 0. The first-order valence-corrected chi connectivity index (χ1v) is 7.19. The first kappa shape index (κ1) is 15.6. The molecule has 0 aliphatic rings. The second-order valence-corrected chi connectivity index (χ2v) is 5.47. The van der Waals surface area contributed by atoms with Gasteiger partial charge in [-0.1, -0.05) is 48.2 Å². The average Bonchev–Trinajstić information content (AvgIpc) is 2.32. The van der Waals surface area contributed by atoms with Crippen LogP contribution in [-0.2, 0) is 6.42 Å². The van der Waals surface area contributed by atoms with E-state index in [1.165, 1.54) is 19.3 Å². The summed E-state index contributed by atoms with van der Waals surface area (Å²) in [4.78, 5) is 0. The van der Waals surface area contributed by atoms with E-state index >= 15 is 0 Å². The molecule has 0 amide bonds. The molecule has 1 atom stereocenters. The van der Waals surface area contributed by atoms with Gasteiger partial charge in [0, 0.05) is 16.1 Å². The molecule has 0 bridgehead atoms. The zero-order valence-corrected chi connectivity index (χ0v) is 12.2. The van der Waals surface area contributed by atoms with E-state index in [0.29, 0.717) is 10.0 Å². The predicted octanol–water partition coefficient (Wildman–Crippen LogP) is 5.00. The predicted molar refractivity (Wildman–Crippen MR) is 81.4 cm³/mol. The lowest BCUT2D eigenvalue weighted by molar-refractivity contribution is 0.551. The van der Waals surface area contributed by atoms with Crippen LogP contribution < -0.4 is 5.73 Å². The highest BCUT2D eigenvalue weighted by atomic mass is 35.5. The maximum atomic E-state index is 6.13. The number of hydrogen-bond donors (Lipinski definition) is 1. The van der Waals surface area contributed by atoms with Crippen molar-refractivity contribution < 1.29 is 0 Å². The van der Waals surface area contributed by atoms with Gasteiger partial charge in [0.25, 0.3) is 0 Å². The number of unbranched alkanes of at least 4 members (excludes halogenated alkanes) is 3. The zero-order chi connectivity index (χ0) is 13.4. The first-order valence-electron chi connectivity index (χ1n) is 6.44.